The molecule has 1 N–H and O–H groups in total. The Balaban J connectivity index is 1.46. The van der Waals surface area contributed by atoms with E-state index in [0.29, 0.717) is 37.3 Å². The third-order valence-electron chi connectivity index (χ3n) is 5.56. The molecule has 1 aromatic heterocycles. The van der Waals surface area contributed by atoms with Crippen LogP contribution >= 0.6 is 0 Å². The lowest BCUT2D eigenvalue weighted by molar-refractivity contribution is -0.137. The maximum Gasteiger partial charge on any atom is 0.303 e. The molecule has 0 spiro atoms. The molecule has 2 aromatic carbocycles. The zero-order valence-electron chi connectivity index (χ0n) is 17.9. The summed E-state index contributed by atoms with van der Waals surface area (Å²) in [7, 11) is 0. The van der Waals surface area contributed by atoms with E-state index in [1.165, 1.54) is 6.07 Å². The highest BCUT2D eigenvalue weighted by atomic mass is 19.1. The number of rotatable bonds is 9. The summed E-state index contributed by atoms with van der Waals surface area (Å²) in [4.78, 5) is 15.0. The molecule has 8 heteroatoms. The number of aromatic nitrogens is 2. The maximum absolute atomic E-state index is 14.7. The van der Waals surface area contributed by atoms with E-state index in [1.54, 1.807) is 6.07 Å². The Kier molecular flexibility index (Phi) is 6.58. The largest absolute Gasteiger partial charge is 0.481 e. The van der Waals surface area contributed by atoms with Crippen molar-refractivity contribution in [2.75, 3.05) is 6.54 Å². The van der Waals surface area contributed by atoms with Crippen LogP contribution in [0.2, 0.25) is 0 Å². The van der Waals surface area contributed by atoms with Crippen molar-refractivity contribution in [3.8, 4) is 11.4 Å². The molecule has 7 nitrogen and oxygen atoms in total. The molecule has 0 bridgehead atoms. The monoisotopic (exact) mass is 436 g/mol. The van der Waals surface area contributed by atoms with Crippen LogP contribution in [-0.2, 0) is 11.2 Å². The second kappa shape index (κ2) is 9.72. The molecule has 0 saturated heterocycles. The lowest BCUT2D eigenvalue weighted by atomic mass is 10.0. The van der Waals surface area contributed by atoms with Gasteiger partial charge in [0, 0.05) is 19.4 Å². The van der Waals surface area contributed by atoms with Crippen molar-refractivity contribution in [2.24, 2.45) is 5.10 Å². The summed E-state index contributed by atoms with van der Waals surface area (Å²) in [6.07, 6.45) is 2.63. The topological polar surface area (TPSA) is 91.8 Å². The predicted molar refractivity (Wildman–Crippen MR) is 118 cm³/mol. The molecule has 1 aliphatic rings. The molecule has 1 aliphatic heterocycles. The molecule has 0 radical (unpaired) electrons. The summed E-state index contributed by atoms with van der Waals surface area (Å²) in [6.45, 7) is 2.78. The Morgan fingerprint density at radius 3 is 2.75 bits per heavy atom. The number of carbonyl (C=O) groups is 1. The number of halogens is 1. The van der Waals surface area contributed by atoms with Crippen LogP contribution in [0.4, 0.5) is 4.39 Å². The molecule has 166 valence electrons. The van der Waals surface area contributed by atoms with Crippen LogP contribution in [0.3, 0.4) is 0 Å². The fraction of sp³-hybridized carbons (Fsp3) is 0.333. The summed E-state index contributed by atoms with van der Waals surface area (Å²) >= 11 is 0. The zero-order valence-corrected chi connectivity index (χ0v) is 17.9. The maximum atomic E-state index is 14.7. The summed E-state index contributed by atoms with van der Waals surface area (Å²) < 4.78 is 20.1. The summed E-state index contributed by atoms with van der Waals surface area (Å²) in [6, 6.07) is 15.1. The van der Waals surface area contributed by atoms with Gasteiger partial charge in [0.1, 0.15) is 11.5 Å². The highest BCUT2D eigenvalue weighted by Crippen LogP contribution is 2.32. The molecule has 1 unspecified atom stereocenters. The van der Waals surface area contributed by atoms with Crippen LogP contribution < -0.4 is 0 Å². The molecule has 0 saturated carbocycles. The van der Waals surface area contributed by atoms with Crippen molar-refractivity contribution in [1.82, 2.24) is 15.1 Å². The fourth-order valence-electron chi connectivity index (χ4n) is 3.89. The molecular formula is C24H25FN4O3. The number of benzene rings is 2. The molecule has 32 heavy (non-hydrogen) atoms. The first-order chi connectivity index (χ1) is 15.5. The van der Waals surface area contributed by atoms with Gasteiger partial charge in [-0.3, -0.25) is 9.80 Å². The van der Waals surface area contributed by atoms with E-state index >= 15 is 0 Å². The average molecular weight is 436 g/mol. The number of carboxylic acid groups (broad SMARTS) is 1. The molecule has 0 aliphatic carbocycles. The minimum Gasteiger partial charge on any atom is -0.481 e. The van der Waals surface area contributed by atoms with Gasteiger partial charge in [0.2, 0.25) is 5.82 Å². The minimum atomic E-state index is -0.816. The second-order valence-electron chi connectivity index (χ2n) is 7.77. The number of aryl methyl sites for hydroxylation is 1. The molecule has 3 aromatic rings. The average Bonchev–Trinajstić information content (AvgIpc) is 3.44. The highest BCUT2D eigenvalue weighted by molar-refractivity contribution is 5.98. The first-order valence-electron chi connectivity index (χ1n) is 10.8. The first-order valence-corrected chi connectivity index (χ1v) is 10.8. The van der Waals surface area contributed by atoms with Gasteiger partial charge in [0.15, 0.2) is 0 Å². The molecule has 0 fully saturated rings. The Hall–Kier alpha value is -3.55. The van der Waals surface area contributed by atoms with Gasteiger partial charge >= 0.3 is 5.97 Å². The standard InChI is InChI=1S/C24H25FN4O3/c1-2-29-21(17-9-4-3-5-10-17)15-20(27-29)24-26-23(28-32-24)18-13-12-16(14-19(18)25)8-6-7-11-22(30)31/h3-5,9-10,12-14,21H,2,6-8,11,15H2,1H3,(H,30,31). The highest BCUT2D eigenvalue weighted by Gasteiger charge is 2.30. The molecule has 4 rings (SSSR count). The van der Waals surface area contributed by atoms with Gasteiger partial charge in [-0.15, -0.1) is 0 Å². The normalized spacial score (nSPS) is 15.8. The molecule has 2 heterocycles. The minimum absolute atomic E-state index is 0.101. The Labute approximate surface area is 185 Å². The zero-order chi connectivity index (χ0) is 22.5. The number of nitrogens with zero attached hydrogens (tertiary/aromatic N) is 4. The smallest absolute Gasteiger partial charge is 0.303 e. The van der Waals surface area contributed by atoms with E-state index in [2.05, 4.69) is 27.4 Å². The van der Waals surface area contributed by atoms with Gasteiger partial charge in [-0.1, -0.05) is 41.6 Å². The SMILES string of the molecule is CCN1N=C(c2nc(-c3ccc(CCCCC(=O)O)cc3F)no2)CC1c1ccccc1. The Morgan fingerprint density at radius 1 is 1.22 bits per heavy atom. The van der Waals surface area contributed by atoms with Gasteiger partial charge in [-0.25, -0.2) is 4.39 Å². The van der Waals surface area contributed by atoms with Crippen molar-refractivity contribution in [1.29, 1.82) is 0 Å². The van der Waals surface area contributed by atoms with Crippen LogP contribution in [-0.4, -0.2) is 38.5 Å². The van der Waals surface area contributed by atoms with E-state index in [-0.39, 0.29) is 23.9 Å². The summed E-state index contributed by atoms with van der Waals surface area (Å²) in [5.41, 5.74) is 2.93. The van der Waals surface area contributed by atoms with Crippen molar-refractivity contribution in [2.45, 2.75) is 45.1 Å². The second-order valence-corrected chi connectivity index (χ2v) is 7.77. The van der Waals surface area contributed by atoms with E-state index in [0.717, 1.165) is 17.7 Å². The number of carboxylic acids is 1. The number of hydrazone groups is 1. The van der Waals surface area contributed by atoms with Crippen molar-refractivity contribution < 1.29 is 18.8 Å². The molecular weight excluding hydrogens is 411 g/mol. The van der Waals surface area contributed by atoms with E-state index in [4.69, 9.17) is 9.63 Å². The van der Waals surface area contributed by atoms with Crippen LogP contribution in [0, 0.1) is 5.82 Å². The third-order valence-corrected chi connectivity index (χ3v) is 5.56. The Bertz CT molecular complexity index is 1110. The van der Waals surface area contributed by atoms with Gasteiger partial charge in [-0.2, -0.15) is 10.1 Å². The van der Waals surface area contributed by atoms with Crippen LogP contribution in [0.25, 0.3) is 11.4 Å². The number of unbranched alkanes of at least 4 members (excludes halogenated alkanes) is 1. The van der Waals surface area contributed by atoms with Gasteiger partial charge < -0.3 is 9.63 Å². The predicted octanol–water partition coefficient (Wildman–Crippen LogP) is 4.84. The van der Waals surface area contributed by atoms with Gasteiger partial charge in [0.05, 0.1) is 11.6 Å². The van der Waals surface area contributed by atoms with E-state index in [9.17, 15) is 9.18 Å². The number of hydrogen-bond acceptors (Lipinski definition) is 6. The van der Waals surface area contributed by atoms with Crippen molar-refractivity contribution in [3.05, 3.63) is 71.4 Å². The summed E-state index contributed by atoms with van der Waals surface area (Å²) in [5, 5.41) is 19.3. The first kappa shape index (κ1) is 21.7. The van der Waals surface area contributed by atoms with E-state index < -0.39 is 11.8 Å². The number of hydrogen-bond donors (Lipinski definition) is 1. The quantitative estimate of drug-likeness (QED) is 0.483. The fourth-order valence-corrected chi connectivity index (χ4v) is 3.89. The van der Waals surface area contributed by atoms with Gasteiger partial charge in [0.25, 0.3) is 5.89 Å². The lowest BCUT2D eigenvalue weighted by Gasteiger charge is -2.21. The molecule has 0 amide bonds. The van der Waals surface area contributed by atoms with Crippen molar-refractivity contribution >= 4 is 11.7 Å². The van der Waals surface area contributed by atoms with Crippen LogP contribution in [0.15, 0.2) is 58.2 Å². The van der Waals surface area contributed by atoms with Crippen molar-refractivity contribution in [3.63, 3.8) is 0 Å². The summed E-state index contributed by atoms with van der Waals surface area (Å²) in [5.74, 6) is -0.764. The number of aliphatic carboxylic acids is 1. The third kappa shape index (κ3) is 4.85. The molecule has 1 atom stereocenters. The van der Waals surface area contributed by atoms with Crippen LogP contribution in [0.5, 0.6) is 0 Å². The van der Waals surface area contributed by atoms with Crippen LogP contribution in [0.1, 0.15) is 55.7 Å². The van der Waals surface area contributed by atoms with Gasteiger partial charge in [-0.05, 0) is 49.4 Å². The van der Waals surface area contributed by atoms with E-state index in [1.807, 2.05) is 36.2 Å². The lowest BCUT2D eigenvalue weighted by Crippen LogP contribution is -2.18. The Morgan fingerprint density at radius 2 is 2.03 bits per heavy atom.